The maximum Gasteiger partial charge on any atom is 0.263 e. The summed E-state index contributed by atoms with van der Waals surface area (Å²) in [4.78, 5) is 31.7. The Morgan fingerprint density at radius 1 is 1.33 bits per heavy atom. The summed E-state index contributed by atoms with van der Waals surface area (Å²) < 4.78 is 6.73. The number of anilines is 1. The number of ether oxygens (including phenoxy) is 1. The van der Waals surface area contributed by atoms with E-state index >= 15 is 0 Å². The fourth-order valence-corrected chi connectivity index (χ4v) is 5.64. The number of nitrogens with one attached hydrogen (secondary N) is 1. The summed E-state index contributed by atoms with van der Waals surface area (Å²) in [5.74, 6) is 0.356. The number of hydrogen-bond acceptors (Lipinski definition) is 7. The van der Waals surface area contributed by atoms with Gasteiger partial charge in [0.2, 0.25) is 5.91 Å². The van der Waals surface area contributed by atoms with Crippen molar-refractivity contribution < 1.29 is 9.53 Å². The highest BCUT2D eigenvalue weighted by Crippen LogP contribution is 2.34. The Labute approximate surface area is 189 Å². The number of halogens is 1. The first-order chi connectivity index (χ1) is 14.5. The summed E-state index contributed by atoms with van der Waals surface area (Å²) >= 11 is 10.2. The van der Waals surface area contributed by atoms with Crippen molar-refractivity contribution in [3.63, 3.8) is 0 Å². The molecule has 0 aliphatic heterocycles. The Balaban J connectivity index is 1.55. The number of benzene rings is 1. The average Bonchev–Trinajstić information content (AvgIpc) is 3.39. The molecule has 1 amide bonds. The van der Waals surface area contributed by atoms with Crippen molar-refractivity contribution >= 4 is 67.8 Å². The van der Waals surface area contributed by atoms with E-state index in [1.807, 2.05) is 22.9 Å². The molecule has 10 heteroatoms. The van der Waals surface area contributed by atoms with Gasteiger partial charge in [0.15, 0.2) is 5.16 Å². The van der Waals surface area contributed by atoms with Gasteiger partial charge < -0.3 is 10.1 Å². The highest BCUT2D eigenvalue weighted by molar-refractivity contribution is 7.99. The van der Waals surface area contributed by atoms with E-state index in [0.29, 0.717) is 31.8 Å². The second-order valence-electron chi connectivity index (χ2n) is 6.25. The molecule has 0 aliphatic rings. The lowest BCUT2D eigenvalue weighted by atomic mass is 10.2. The van der Waals surface area contributed by atoms with E-state index in [2.05, 4.69) is 10.3 Å². The second kappa shape index (κ2) is 8.81. The third kappa shape index (κ3) is 4.11. The molecule has 1 aromatic carbocycles. The van der Waals surface area contributed by atoms with E-state index in [1.54, 1.807) is 36.6 Å². The predicted molar refractivity (Wildman–Crippen MR) is 126 cm³/mol. The van der Waals surface area contributed by atoms with Gasteiger partial charge in [0, 0.05) is 27.9 Å². The van der Waals surface area contributed by atoms with Crippen LogP contribution in [-0.2, 0) is 11.8 Å². The normalized spacial score (nSPS) is 11.0. The van der Waals surface area contributed by atoms with Crippen LogP contribution in [0.1, 0.15) is 0 Å². The molecule has 1 N–H and O–H groups in total. The molecular weight excluding hydrogens is 462 g/mol. The molecule has 3 heterocycles. The van der Waals surface area contributed by atoms with E-state index in [-0.39, 0.29) is 17.2 Å². The zero-order valence-corrected chi connectivity index (χ0v) is 19.2. The van der Waals surface area contributed by atoms with Gasteiger partial charge in [-0.1, -0.05) is 29.4 Å². The molecule has 30 heavy (non-hydrogen) atoms. The van der Waals surface area contributed by atoms with Crippen molar-refractivity contribution in [2.24, 2.45) is 7.05 Å². The lowest BCUT2D eigenvalue weighted by Gasteiger charge is -2.11. The summed E-state index contributed by atoms with van der Waals surface area (Å²) in [5, 5.41) is 8.32. The molecule has 3 aromatic heterocycles. The van der Waals surface area contributed by atoms with Gasteiger partial charge in [-0.25, -0.2) is 4.98 Å². The smallest absolute Gasteiger partial charge is 0.263 e. The Kier molecular flexibility index (Phi) is 6.14. The number of aromatic nitrogens is 2. The zero-order valence-electron chi connectivity index (χ0n) is 16.0. The zero-order chi connectivity index (χ0) is 21.3. The van der Waals surface area contributed by atoms with Crippen molar-refractivity contribution in [1.29, 1.82) is 0 Å². The molecule has 0 unspecified atom stereocenters. The summed E-state index contributed by atoms with van der Waals surface area (Å²) in [6, 6.07) is 8.94. The number of nitrogens with zero attached hydrogens (tertiary/aromatic N) is 2. The van der Waals surface area contributed by atoms with Crippen LogP contribution in [0.2, 0.25) is 5.02 Å². The predicted octanol–water partition coefficient (Wildman–Crippen LogP) is 5.12. The molecule has 0 fully saturated rings. The van der Waals surface area contributed by atoms with E-state index in [4.69, 9.17) is 16.3 Å². The minimum absolute atomic E-state index is 0.0879. The van der Waals surface area contributed by atoms with Crippen LogP contribution in [0.25, 0.3) is 20.7 Å². The van der Waals surface area contributed by atoms with E-state index < -0.39 is 0 Å². The van der Waals surface area contributed by atoms with Gasteiger partial charge in [-0.3, -0.25) is 14.2 Å². The minimum Gasteiger partial charge on any atom is -0.495 e. The topological polar surface area (TPSA) is 73.2 Å². The number of thioether (sulfide) groups is 1. The van der Waals surface area contributed by atoms with E-state index in [9.17, 15) is 9.59 Å². The van der Waals surface area contributed by atoms with Crippen LogP contribution in [0.3, 0.4) is 0 Å². The third-order valence-electron chi connectivity index (χ3n) is 4.33. The number of carbonyl (C=O) groups excluding carboxylic acids is 1. The van der Waals surface area contributed by atoms with Gasteiger partial charge in [-0.15, -0.1) is 22.7 Å². The Morgan fingerprint density at radius 3 is 2.90 bits per heavy atom. The van der Waals surface area contributed by atoms with Crippen LogP contribution in [-0.4, -0.2) is 28.3 Å². The van der Waals surface area contributed by atoms with Crippen LogP contribution in [0.15, 0.2) is 51.0 Å². The lowest BCUT2D eigenvalue weighted by molar-refractivity contribution is -0.113. The van der Waals surface area contributed by atoms with Gasteiger partial charge in [0.05, 0.1) is 23.9 Å². The fourth-order valence-electron chi connectivity index (χ4n) is 2.89. The van der Waals surface area contributed by atoms with Crippen LogP contribution in [0.5, 0.6) is 5.75 Å². The standard InChI is InChI=1S/C20H16ClN3O3S3/c1-24-19(26)17-12(15-4-3-7-28-15)9-29-18(17)23-20(24)30-10-16(25)22-13-8-11(21)5-6-14(13)27-2/h3-9H,10H2,1-2H3,(H,22,25). The number of methoxy groups -OCH3 is 1. The Bertz CT molecular complexity index is 1280. The maximum absolute atomic E-state index is 13.0. The SMILES string of the molecule is COc1ccc(Cl)cc1NC(=O)CSc1nc2scc(-c3cccs3)c2c(=O)n1C. The van der Waals surface area contributed by atoms with Crippen LogP contribution < -0.4 is 15.6 Å². The summed E-state index contributed by atoms with van der Waals surface area (Å²) in [5.41, 5.74) is 1.27. The van der Waals surface area contributed by atoms with Gasteiger partial charge in [0.1, 0.15) is 10.6 Å². The van der Waals surface area contributed by atoms with Crippen LogP contribution in [0, 0.1) is 0 Å². The summed E-state index contributed by atoms with van der Waals surface area (Å²) in [7, 11) is 3.19. The summed E-state index contributed by atoms with van der Waals surface area (Å²) in [6.45, 7) is 0. The molecule has 4 rings (SSSR count). The van der Waals surface area contributed by atoms with E-state index in [1.165, 1.54) is 34.8 Å². The fraction of sp³-hybridized carbons (Fsp3) is 0.150. The maximum atomic E-state index is 13.0. The largest absolute Gasteiger partial charge is 0.495 e. The quantitative estimate of drug-likeness (QED) is 0.308. The van der Waals surface area contributed by atoms with Gasteiger partial charge >= 0.3 is 0 Å². The number of rotatable bonds is 6. The number of fused-ring (bicyclic) bond motifs is 1. The second-order valence-corrected chi connectivity index (χ2v) is 9.43. The molecule has 0 bridgehead atoms. The minimum atomic E-state index is -0.250. The molecular formula is C20H16ClN3O3S3. The van der Waals surface area contributed by atoms with Crippen molar-refractivity contribution in [3.05, 3.63) is 56.5 Å². The molecule has 0 spiro atoms. The van der Waals surface area contributed by atoms with Crippen LogP contribution in [0.4, 0.5) is 5.69 Å². The van der Waals surface area contributed by atoms with Crippen molar-refractivity contribution in [2.75, 3.05) is 18.2 Å². The number of thiophene rings is 2. The molecule has 0 aliphatic carbocycles. The number of carbonyl (C=O) groups is 1. The Morgan fingerprint density at radius 2 is 2.17 bits per heavy atom. The number of amides is 1. The highest BCUT2D eigenvalue weighted by atomic mass is 35.5. The molecule has 0 radical (unpaired) electrons. The molecule has 0 saturated carbocycles. The first kappa shape index (κ1) is 20.9. The molecule has 0 atom stereocenters. The van der Waals surface area contributed by atoms with Gasteiger partial charge in [0.25, 0.3) is 5.56 Å². The lowest BCUT2D eigenvalue weighted by Crippen LogP contribution is -2.21. The van der Waals surface area contributed by atoms with Gasteiger partial charge in [-0.2, -0.15) is 0 Å². The monoisotopic (exact) mass is 477 g/mol. The third-order valence-corrected chi connectivity index (χ3v) is 7.37. The first-order valence-corrected chi connectivity index (χ1v) is 11.9. The summed E-state index contributed by atoms with van der Waals surface area (Å²) in [6.07, 6.45) is 0. The number of hydrogen-bond donors (Lipinski definition) is 1. The molecule has 6 nitrogen and oxygen atoms in total. The van der Waals surface area contributed by atoms with Crippen LogP contribution >= 0.6 is 46.0 Å². The molecule has 0 saturated heterocycles. The van der Waals surface area contributed by atoms with Crippen molar-refractivity contribution in [1.82, 2.24) is 9.55 Å². The van der Waals surface area contributed by atoms with Crippen molar-refractivity contribution in [2.45, 2.75) is 5.16 Å². The average molecular weight is 478 g/mol. The van der Waals surface area contributed by atoms with Gasteiger partial charge in [-0.05, 0) is 29.6 Å². The first-order valence-electron chi connectivity index (χ1n) is 8.76. The van der Waals surface area contributed by atoms with Crippen molar-refractivity contribution in [3.8, 4) is 16.2 Å². The molecule has 154 valence electrons. The van der Waals surface area contributed by atoms with E-state index in [0.717, 1.165) is 10.4 Å². The highest BCUT2D eigenvalue weighted by Gasteiger charge is 2.17. The molecule has 4 aromatic rings. The Hall–Kier alpha value is -2.33.